The first-order valence-electron chi connectivity index (χ1n) is 7.82. The lowest BCUT2D eigenvalue weighted by molar-refractivity contribution is 0.415. The molecular formula is C20H17N3O. The second kappa shape index (κ2) is 5.81. The summed E-state index contributed by atoms with van der Waals surface area (Å²) in [5.74, 6) is 1.69. The number of fused-ring (bicyclic) bond motifs is 1. The number of hydrogen-bond acceptors (Lipinski definition) is 3. The molecule has 0 bridgehead atoms. The Morgan fingerprint density at radius 3 is 2.29 bits per heavy atom. The monoisotopic (exact) mass is 315 g/mol. The van der Waals surface area contributed by atoms with Crippen molar-refractivity contribution < 1.29 is 4.74 Å². The quantitative estimate of drug-likeness (QED) is 0.603. The van der Waals surface area contributed by atoms with Gasteiger partial charge in [0.05, 0.1) is 18.5 Å². The predicted octanol–water partition coefficient (Wildman–Crippen LogP) is 4.56. The minimum atomic E-state index is 0.828. The first-order valence-corrected chi connectivity index (χ1v) is 7.82. The highest BCUT2D eigenvalue weighted by Gasteiger charge is 2.18. The lowest BCUT2D eigenvalue weighted by Gasteiger charge is -2.09. The third-order valence-electron chi connectivity index (χ3n) is 4.02. The smallest absolute Gasteiger partial charge is 0.118 e. The Kier molecular flexibility index (Phi) is 3.50. The van der Waals surface area contributed by atoms with E-state index in [0.29, 0.717) is 0 Å². The number of rotatable bonds is 3. The zero-order valence-electron chi connectivity index (χ0n) is 13.6. The molecule has 0 fully saturated rings. The number of hydrogen-bond donors (Lipinski definition) is 1. The van der Waals surface area contributed by atoms with Crippen molar-refractivity contribution in [2.75, 3.05) is 7.11 Å². The van der Waals surface area contributed by atoms with E-state index in [9.17, 15) is 0 Å². The van der Waals surface area contributed by atoms with Gasteiger partial charge in [0.2, 0.25) is 0 Å². The van der Waals surface area contributed by atoms with Crippen molar-refractivity contribution in [1.29, 1.82) is 0 Å². The molecular weight excluding hydrogens is 298 g/mol. The number of nitrogens with one attached hydrogen (secondary N) is 1. The van der Waals surface area contributed by atoms with Crippen LogP contribution in [-0.2, 0) is 0 Å². The summed E-state index contributed by atoms with van der Waals surface area (Å²) in [4.78, 5) is 12.8. The van der Waals surface area contributed by atoms with Gasteiger partial charge in [-0.3, -0.25) is 0 Å². The van der Waals surface area contributed by atoms with Crippen LogP contribution in [0, 0.1) is 6.92 Å². The number of nitrogens with zero attached hydrogens (tertiary/aromatic N) is 2. The number of aromatic nitrogens is 3. The highest BCUT2D eigenvalue weighted by molar-refractivity contribution is 5.81. The van der Waals surface area contributed by atoms with Crippen LogP contribution in [0.3, 0.4) is 0 Å². The molecule has 0 unspecified atom stereocenters. The van der Waals surface area contributed by atoms with Crippen molar-refractivity contribution in [3.05, 3.63) is 66.5 Å². The van der Waals surface area contributed by atoms with Crippen LogP contribution >= 0.6 is 0 Å². The lowest BCUT2D eigenvalue weighted by Crippen LogP contribution is -1.97. The molecule has 118 valence electrons. The Labute approximate surface area is 140 Å². The molecule has 0 aliphatic carbocycles. The molecule has 24 heavy (non-hydrogen) atoms. The van der Waals surface area contributed by atoms with Crippen molar-refractivity contribution in [3.8, 4) is 39.7 Å². The third kappa shape index (κ3) is 2.52. The van der Waals surface area contributed by atoms with E-state index in [-0.39, 0.29) is 0 Å². The number of benzene rings is 2. The number of methoxy groups -OCH3 is 1. The van der Waals surface area contributed by atoms with Crippen molar-refractivity contribution in [3.63, 3.8) is 0 Å². The van der Waals surface area contributed by atoms with Crippen molar-refractivity contribution >= 4 is 0 Å². The van der Waals surface area contributed by atoms with E-state index >= 15 is 0 Å². The predicted molar refractivity (Wildman–Crippen MR) is 95.2 cm³/mol. The number of ether oxygens (including phenoxy) is 1. The molecule has 2 heterocycles. The van der Waals surface area contributed by atoms with Crippen LogP contribution in [0.25, 0.3) is 33.9 Å². The Bertz CT molecular complexity index is 943. The number of H-pyrrole nitrogens is 1. The maximum absolute atomic E-state index is 5.24. The van der Waals surface area contributed by atoms with Crippen molar-refractivity contribution in [2.24, 2.45) is 0 Å². The molecule has 2 aromatic rings. The van der Waals surface area contributed by atoms with E-state index in [0.717, 1.165) is 45.5 Å². The van der Waals surface area contributed by atoms with Gasteiger partial charge >= 0.3 is 0 Å². The standard InChI is InChI=1S/C20H17N3O/c1-13-21-18-12-17(14-6-4-3-5-7-14)23-20(18)19(22-13)15-8-10-16(24-2)11-9-15/h3-12H,1-2H3,(H,21,22). The van der Waals surface area contributed by atoms with Crippen molar-refractivity contribution in [1.82, 2.24) is 15.0 Å². The first-order chi connectivity index (χ1) is 11.7. The van der Waals surface area contributed by atoms with Gasteiger partial charge in [-0.1, -0.05) is 30.3 Å². The molecule has 2 aliphatic heterocycles. The molecule has 4 rings (SSSR count). The van der Waals surface area contributed by atoms with Gasteiger partial charge in [-0.05, 0) is 37.3 Å². The Hall–Kier alpha value is -3.14. The van der Waals surface area contributed by atoms with Gasteiger partial charge in [-0.25, -0.2) is 9.97 Å². The fraction of sp³-hybridized carbons (Fsp3) is 0.100. The van der Waals surface area contributed by atoms with Crippen LogP contribution in [0.1, 0.15) is 5.82 Å². The average Bonchev–Trinajstić information content (AvgIpc) is 3.06. The molecule has 0 atom stereocenters. The van der Waals surface area contributed by atoms with E-state index in [1.165, 1.54) is 0 Å². The summed E-state index contributed by atoms with van der Waals surface area (Å²) in [6.07, 6.45) is 0. The number of aryl methyl sites for hydroxylation is 1. The third-order valence-corrected chi connectivity index (χ3v) is 4.02. The van der Waals surface area contributed by atoms with Gasteiger partial charge in [0, 0.05) is 11.1 Å². The second-order valence-corrected chi connectivity index (χ2v) is 5.67. The van der Waals surface area contributed by atoms with Crippen LogP contribution in [0.4, 0.5) is 0 Å². The van der Waals surface area contributed by atoms with Crippen molar-refractivity contribution in [2.45, 2.75) is 6.92 Å². The zero-order chi connectivity index (χ0) is 16.5. The molecule has 0 aromatic heterocycles. The van der Waals surface area contributed by atoms with E-state index in [2.05, 4.69) is 28.2 Å². The van der Waals surface area contributed by atoms with E-state index in [1.54, 1.807) is 7.11 Å². The maximum atomic E-state index is 5.24. The lowest BCUT2D eigenvalue weighted by atomic mass is 10.1. The van der Waals surface area contributed by atoms with Crippen LogP contribution in [-0.4, -0.2) is 22.1 Å². The highest BCUT2D eigenvalue weighted by Crippen LogP contribution is 2.34. The summed E-state index contributed by atoms with van der Waals surface area (Å²) in [5.41, 5.74) is 5.82. The molecule has 4 heteroatoms. The SMILES string of the molecule is COc1ccc(-c2nc(C)[nH]c3cc(-c4ccccc4)nc2-3)cc1. The fourth-order valence-electron chi connectivity index (χ4n) is 2.84. The second-order valence-electron chi connectivity index (χ2n) is 5.67. The van der Waals surface area contributed by atoms with Gasteiger partial charge < -0.3 is 9.72 Å². The normalized spacial score (nSPS) is 10.9. The Morgan fingerprint density at radius 2 is 1.58 bits per heavy atom. The summed E-state index contributed by atoms with van der Waals surface area (Å²) in [5, 5.41) is 0. The van der Waals surface area contributed by atoms with E-state index in [4.69, 9.17) is 9.72 Å². The fourth-order valence-corrected chi connectivity index (χ4v) is 2.84. The van der Waals surface area contributed by atoms with Crippen LogP contribution in [0.2, 0.25) is 0 Å². The minimum Gasteiger partial charge on any atom is -0.497 e. The van der Waals surface area contributed by atoms with Gasteiger partial charge in [0.1, 0.15) is 23.0 Å². The minimum absolute atomic E-state index is 0.828. The molecule has 0 saturated heterocycles. The topological polar surface area (TPSA) is 50.8 Å². The van der Waals surface area contributed by atoms with Crippen LogP contribution in [0.5, 0.6) is 5.75 Å². The van der Waals surface area contributed by atoms with Gasteiger partial charge in [-0.2, -0.15) is 0 Å². The summed E-state index contributed by atoms with van der Waals surface area (Å²) < 4.78 is 5.24. The van der Waals surface area contributed by atoms with Gasteiger partial charge in [0.25, 0.3) is 0 Å². The molecule has 0 saturated carbocycles. The molecule has 0 radical (unpaired) electrons. The van der Waals surface area contributed by atoms with E-state index in [1.807, 2.05) is 49.4 Å². The molecule has 0 spiro atoms. The molecule has 1 N–H and O–H groups in total. The Morgan fingerprint density at radius 1 is 0.833 bits per heavy atom. The highest BCUT2D eigenvalue weighted by atomic mass is 16.5. The van der Waals surface area contributed by atoms with Crippen LogP contribution < -0.4 is 4.74 Å². The molecule has 2 aromatic carbocycles. The number of aromatic amines is 1. The Balaban J connectivity index is 1.88. The summed E-state index contributed by atoms with van der Waals surface area (Å²) >= 11 is 0. The average molecular weight is 315 g/mol. The molecule has 4 nitrogen and oxygen atoms in total. The van der Waals surface area contributed by atoms with Gasteiger partial charge in [-0.15, -0.1) is 0 Å². The van der Waals surface area contributed by atoms with E-state index < -0.39 is 0 Å². The molecule has 0 amide bonds. The zero-order valence-corrected chi connectivity index (χ0v) is 13.6. The van der Waals surface area contributed by atoms with Gasteiger partial charge in [0.15, 0.2) is 0 Å². The summed E-state index contributed by atoms with van der Waals surface area (Å²) in [6, 6.07) is 20.2. The summed E-state index contributed by atoms with van der Waals surface area (Å²) in [7, 11) is 1.66. The largest absolute Gasteiger partial charge is 0.497 e. The van der Waals surface area contributed by atoms with Crippen LogP contribution in [0.15, 0.2) is 60.7 Å². The maximum Gasteiger partial charge on any atom is 0.118 e. The summed E-state index contributed by atoms with van der Waals surface area (Å²) in [6.45, 7) is 1.96. The molecule has 2 aliphatic rings. The first kappa shape index (κ1) is 14.5.